The van der Waals surface area contributed by atoms with Crippen molar-refractivity contribution in [2.75, 3.05) is 13.2 Å². The Morgan fingerprint density at radius 3 is 2.88 bits per heavy atom. The van der Waals surface area contributed by atoms with Crippen molar-refractivity contribution in [3.05, 3.63) is 63.3 Å². The van der Waals surface area contributed by atoms with Crippen molar-refractivity contribution in [1.29, 1.82) is 0 Å². The average Bonchev–Trinajstić information content (AvgIpc) is 2.95. The molecule has 24 heavy (non-hydrogen) atoms. The molecule has 1 unspecified atom stereocenters. The Bertz CT molecular complexity index is 904. The van der Waals surface area contributed by atoms with Gasteiger partial charge in [-0.2, -0.15) is 0 Å². The average molecular weight is 361 g/mol. The van der Waals surface area contributed by atoms with Crippen LogP contribution in [0.15, 0.2) is 36.4 Å². The van der Waals surface area contributed by atoms with Crippen molar-refractivity contribution >= 4 is 34.1 Å². The maximum Gasteiger partial charge on any atom is 0.120 e. The van der Waals surface area contributed by atoms with Gasteiger partial charge < -0.3 is 15.0 Å². The van der Waals surface area contributed by atoms with E-state index in [1.54, 1.807) is 0 Å². The Kier molecular flexibility index (Phi) is 4.17. The van der Waals surface area contributed by atoms with Gasteiger partial charge >= 0.3 is 0 Å². The Hall–Kier alpha value is -1.68. The second-order valence-electron chi connectivity index (χ2n) is 5.96. The highest BCUT2D eigenvalue weighted by molar-refractivity contribution is 6.33. The van der Waals surface area contributed by atoms with Crippen LogP contribution >= 0.6 is 23.2 Å². The number of aromatic nitrogens is 1. The summed E-state index contributed by atoms with van der Waals surface area (Å²) >= 11 is 12.6. The number of rotatable bonds is 3. The first kappa shape index (κ1) is 15.8. The van der Waals surface area contributed by atoms with Crippen LogP contribution in [-0.2, 0) is 6.42 Å². The van der Waals surface area contributed by atoms with E-state index in [2.05, 4.69) is 22.4 Å². The summed E-state index contributed by atoms with van der Waals surface area (Å²) in [5.41, 5.74) is 4.61. The van der Waals surface area contributed by atoms with E-state index in [9.17, 15) is 0 Å². The number of aromatic amines is 1. The maximum absolute atomic E-state index is 6.43. The summed E-state index contributed by atoms with van der Waals surface area (Å²) in [6.45, 7) is 3.56. The molecule has 2 aromatic carbocycles. The van der Waals surface area contributed by atoms with Crippen molar-refractivity contribution in [2.45, 2.75) is 19.4 Å². The van der Waals surface area contributed by atoms with E-state index in [1.807, 2.05) is 31.2 Å². The van der Waals surface area contributed by atoms with Crippen LogP contribution in [0.4, 0.5) is 0 Å². The molecule has 0 saturated heterocycles. The third-order valence-electron chi connectivity index (χ3n) is 4.50. The van der Waals surface area contributed by atoms with Crippen molar-refractivity contribution in [3.8, 4) is 5.75 Å². The van der Waals surface area contributed by atoms with Crippen molar-refractivity contribution in [2.24, 2.45) is 0 Å². The number of fused-ring (bicyclic) bond motifs is 3. The Balaban J connectivity index is 1.85. The maximum atomic E-state index is 6.43. The van der Waals surface area contributed by atoms with Gasteiger partial charge in [0.05, 0.1) is 12.6 Å². The Morgan fingerprint density at radius 1 is 1.17 bits per heavy atom. The molecule has 0 fully saturated rings. The van der Waals surface area contributed by atoms with Gasteiger partial charge in [0.15, 0.2) is 0 Å². The molecule has 0 spiro atoms. The molecule has 124 valence electrons. The zero-order valence-electron chi connectivity index (χ0n) is 13.3. The van der Waals surface area contributed by atoms with Gasteiger partial charge in [0.25, 0.3) is 0 Å². The fourth-order valence-electron chi connectivity index (χ4n) is 3.46. The van der Waals surface area contributed by atoms with Crippen LogP contribution in [-0.4, -0.2) is 18.1 Å². The van der Waals surface area contributed by atoms with Gasteiger partial charge in [0.2, 0.25) is 0 Å². The third kappa shape index (κ3) is 2.67. The zero-order valence-corrected chi connectivity index (χ0v) is 14.8. The lowest BCUT2D eigenvalue weighted by Crippen LogP contribution is -2.30. The molecule has 3 aromatic rings. The van der Waals surface area contributed by atoms with Gasteiger partial charge in [-0.1, -0.05) is 23.2 Å². The monoisotopic (exact) mass is 360 g/mol. The second kappa shape index (κ2) is 6.32. The van der Waals surface area contributed by atoms with Crippen LogP contribution in [0.2, 0.25) is 10.0 Å². The lowest BCUT2D eigenvalue weighted by Gasteiger charge is -2.25. The van der Waals surface area contributed by atoms with E-state index < -0.39 is 0 Å². The smallest absolute Gasteiger partial charge is 0.120 e. The van der Waals surface area contributed by atoms with Gasteiger partial charge in [-0.3, -0.25) is 0 Å². The van der Waals surface area contributed by atoms with Crippen LogP contribution < -0.4 is 10.1 Å². The molecule has 1 aromatic heterocycles. The standard InChI is InChI=1S/C19H18Cl2N2O/c1-2-24-12-4-6-17-14(10-12)13-7-8-22-18(19(13)23-17)15-9-11(20)3-5-16(15)21/h3-6,9-10,18,22-23H,2,7-8H2,1H3. The van der Waals surface area contributed by atoms with Gasteiger partial charge in [-0.25, -0.2) is 0 Å². The highest BCUT2D eigenvalue weighted by Gasteiger charge is 2.27. The summed E-state index contributed by atoms with van der Waals surface area (Å²) in [7, 11) is 0. The molecular formula is C19H18Cl2N2O. The number of H-pyrrole nitrogens is 1. The van der Waals surface area contributed by atoms with Gasteiger partial charge in [0, 0.05) is 33.2 Å². The first-order valence-corrected chi connectivity index (χ1v) is 8.88. The second-order valence-corrected chi connectivity index (χ2v) is 6.80. The molecule has 0 amide bonds. The van der Waals surface area contributed by atoms with Crippen LogP contribution in [0.25, 0.3) is 10.9 Å². The molecule has 3 nitrogen and oxygen atoms in total. The van der Waals surface area contributed by atoms with Crippen LogP contribution in [0.5, 0.6) is 5.75 Å². The minimum atomic E-state index is 0.0166. The van der Waals surface area contributed by atoms with E-state index in [0.717, 1.165) is 40.5 Å². The predicted molar refractivity (Wildman–Crippen MR) is 99.5 cm³/mol. The third-order valence-corrected chi connectivity index (χ3v) is 5.08. The van der Waals surface area contributed by atoms with E-state index in [-0.39, 0.29) is 6.04 Å². The highest BCUT2D eigenvalue weighted by Crippen LogP contribution is 2.37. The number of halogens is 2. The predicted octanol–water partition coefficient (Wildman–Crippen LogP) is 5.11. The minimum Gasteiger partial charge on any atom is -0.494 e. The van der Waals surface area contributed by atoms with E-state index >= 15 is 0 Å². The summed E-state index contributed by atoms with van der Waals surface area (Å²) in [5, 5.41) is 6.19. The highest BCUT2D eigenvalue weighted by atomic mass is 35.5. The van der Waals surface area contributed by atoms with Crippen LogP contribution in [0, 0.1) is 0 Å². The van der Waals surface area contributed by atoms with Crippen LogP contribution in [0.3, 0.4) is 0 Å². The largest absolute Gasteiger partial charge is 0.494 e. The molecule has 0 radical (unpaired) electrons. The lowest BCUT2D eigenvalue weighted by molar-refractivity contribution is 0.340. The number of ether oxygens (including phenoxy) is 1. The number of benzene rings is 2. The van der Waals surface area contributed by atoms with Crippen molar-refractivity contribution < 1.29 is 4.74 Å². The fourth-order valence-corrected chi connectivity index (χ4v) is 3.87. The molecule has 0 saturated carbocycles. The fraction of sp³-hybridized carbons (Fsp3) is 0.263. The summed E-state index contributed by atoms with van der Waals surface area (Å²) in [6.07, 6.45) is 0.972. The molecule has 2 heterocycles. The normalized spacial score (nSPS) is 17.0. The lowest BCUT2D eigenvalue weighted by atomic mass is 9.94. The first-order chi connectivity index (χ1) is 11.7. The van der Waals surface area contributed by atoms with Crippen LogP contribution in [0.1, 0.15) is 29.8 Å². The summed E-state index contributed by atoms with van der Waals surface area (Å²) < 4.78 is 5.65. The first-order valence-electron chi connectivity index (χ1n) is 8.13. The molecule has 1 atom stereocenters. The SMILES string of the molecule is CCOc1ccc2[nH]c3c(c2c1)CCNC3c1cc(Cl)ccc1Cl. The topological polar surface area (TPSA) is 37.0 Å². The molecule has 4 rings (SSSR count). The minimum absolute atomic E-state index is 0.0166. The van der Waals surface area contributed by atoms with Crippen molar-refractivity contribution in [3.63, 3.8) is 0 Å². The summed E-state index contributed by atoms with van der Waals surface area (Å²) in [6, 6.07) is 11.8. The Morgan fingerprint density at radius 2 is 2.04 bits per heavy atom. The molecular weight excluding hydrogens is 343 g/mol. The van der Waals surface area contributed by atoms with Gasteiger partial charge in [0.1, 0.15) is 5.75 Å². The Labute approximate surface area is 150 Å². The van der Waals surface area contributed by atoms with Crippen molar-refractivity contribution in [1.82, 2.24) is 10.3 Å². The number of hydrogen-bond donors (Lipinski definition) is 2. The molecule has 1 aliphatic rings. The van der Waals surface area contributed by atoms with E-state index in [1.165, 1.54) is 10.9 Å². The summed E-state index contributed by atoms with van der Waals surface area (Å²) in [5.74, 6) is 0.905. The van der Waals surface area contributed by atoms with Gasteiger partial charge in [-0.05, 0) is 60.9 Å². The zero-order chi connectivity index (χ0) is 16.7. The molecule has 0 aliphatic carbocycles. The van der Waals surface area contributed by atoms with E-state index in [4.69, 9.17) is 27.9 Å². The molecule has 2 N–H and O–H groups in total. The summed E-state index contributed by atoms with van der Waals surface area (Å²) in [4.78, 5) is 3.56. The molecule has 0 bridgehead atoms. The quantitative estimate of drug-likeness (QED) is 0.680. The number of nitrogens with one attached hydrogen (secondary N) is 2. The molecule has 1 aliphatic heterocycles. The molecule has 5 heteroatoms. The van der Waals surface area contributed by atoms with Gasteiger partial charge in [-0.15, -0.1) is 0 Å². The number of hydrogen-bond acceptors (Lipinski definition) is 2. The van der Waals surface area contributed by atoms with E-state index in [0.29, 0.717) is 11.6 Å².